The largest absolute Gasteiger partial charge is 0.497 e. The highest BCUT2D eigenvalue weighted by atomic mass is 16.5. The number of hydrogen-bond acceptors (Lipinski definition) is 7. The fourth-order valence-electron chi connectivity index (χ4n) is 4.19. The summed E-state index contributed by atoms with van der Waals surface area (Å²) in [5.74, 6) is 1.40. The molecular formula is C24H37N5O3. The maximum absolute atomic E-state index is 12.7. The van der Waals surface area contributed by atoms with Crippen molar-refractivity contribution in [3.8, 4) is 17.1 Å². The molecule has 176 valence electrons. The third-order valence-corrected chi connectivity index (χ3v) is 5.86. The van der Waals surface area contributed by atoms with Crippen molar-refractivity contribution in [1.29, 1.82) is 0 Å². The van der Waals surface area contributed by atoms with Crippen LogP contribution in [0.4, 0.5) is 6.01 Å². The summed E-state index contributed by atoms with van der Waals surface area (Å²) in [4.78, 5) is 21.8. The van der Waals surface area contributed by atoms with Crippen LogP contribution in [0.2, 0.25) is 0 Å². The number of carbonyl (C=O) groups is 1. The van der Waals surface area contributed by atoms with E-state index in [2.05, 4.69) is 34.2 Å². The summed E-state index contributed by atoms with van der Waals surface area (Å²) in [7, 11) is 1.64. The third-order valence-electron chi connectivity index (χ3n) is 5.86. The molecule has 2 aromatic rings. The molecule has 1 aromatic carbocycles. The summed E-state index contributed by atoms with van der Waals surface area (Å²) in [6, 6.07) is 8.03. The highest BCUT2D eigenvalue weighted by Gasteiger charge is 2.28. The van der Waals surface area contributed by atoms with Gasteiger partial charge in [0.2, 0.25) is 11.7 Å². The number of ether oxygens (including phenoxy) is 1. The second-order valence-corrected chi connectivity index (χ2v) is 8.40. The molecule has 2 heterocycles. The predicted molar refractivity (Wildman–Crippen MR) is 126 cm³/mol. The molecule has 1 aliphatic rings. The maximum atomic E-state index is 12.7. The van der Waals surface area contributed by atoms with Crippen LogP contribution in [0.25, 0.3) is 11.4 Å². The van der Waals surface area contributed by atoms with Crippen molar-refractivity contribution < 1.29 is 14.1 Å². The molecule has 1 amide bonds. The Hall–Kier alpha value is -2.61. The molecule has 0 unspecified atom stereocenters. The molecule has 3 rings (SSSR count). The summed E-state index contributed by atoms with van der Waals surface area (Å²) < 4.78 is 10.7. The number of piperidine rings is 1. The number of hydrogen-bond donors (Lipinski definition) is 1. The predicted octanol–water partition coefficient (Wildman–Crippen LogP) is 3.59. The van der Waals surface area contributed by atoms with Gasteiger partial charge in [0.1, 0.15) is 5.75 Å². The number of nitrogens with one attached hydrogen (secondary N) is 1. The first-order valence-corrected chi connectivity index (χ1v) is 11.9. The number of carbonyl (C=O) groups excluding carboxylic acids is 1. The number of rotatable bonds is 12. The SMILES string of the molecule is CCCN(CCC)CCCNC(=O)[C@H]1CCCN(c2nc(-c3ccc(OC)cc3)no2)C1. The van der Waals surface area contributed by atoms with Crippen LogP contribution in [0.5, 0.6) is 5.75 Å². The molecule has 0 saturated carbocycles. The van der Waals surface area contributed by atoms with E-state index in [1.807, 2.05) is 29.2 Å². The molecule has 0 radical (unpaired) electrons. The van der Waals surface area contributed by atoms with Crippen LogP contribution < -0.4 is 15.0 Å². The van der Waals surface area contributed by atoms with Gasteiger partial charge in [-0.1, -0.05) is 19.0 Å². The maximum Gasteiger partial charge on any atom is 0.324 e. The summed E-state index contributed by atoms with van der Waals surface area (Å²) in [5, 5.41) is 7.26. The molecule has 1 aliphatic heterocycles. The lowest BCUT2D eigenvalue weighted by atomic mass is 9.97. The topological polar surface area (TPSA) is 83.7 Å². The van der Waals surface area contributed by atoms with Gasteiger partial charge in [-0.15, -0.1) is 0 Å². The zero-order chi connectivity index (χ0) is 22.8. The van der Waals surface area contributed by atoms with E-state index in [9.17, 15) is 4.79 Å². The Kier molecular flexibility index (Phi) is 9.34. The molecule has 8 nitrogen and oxygen atoms in total. The molecule has 0 spiro atoms. The third kappa shape index (κ3) is 6.69. The first-order valence-electron chi connectivity index (χ1n) is 11.9. The molecule has 32 heavy (non-hydrogen) atoms. The standard InChI is InChI=1S/C24H37N5O3/c1-4-14-28(15-5-2)16-7-13-25-23(30)20-8-6-17-29(18-20)24-26-22(27-32-24)19-9-11-21(31-3)12-10-19/h9-12,20H,4-8,13-18H2,1-3H3,(H,25,30)/t20-/m0/s1. The van der Waals surface area contributed by atoms with Crippen molar-refractivity contribution in [2.45, 2.75) is 46.0 Å². The summed E-state index contributed by atoms with van der Waals surface area (Å²) >= 11 is 0. The fourth-order valence-corrected chi connectivity index (χ4v) is 4.19. The molecule has 1 atom stereocenters. The monoisotopic (exact) mass is 443 g/mol. The quantitative estimate of drug-likeness (QED) is 0.502. The zero-order valence-corrected chi connectivity index (χ0v) is 19.7. The average Bonchev–Trinajstić information content (AvgIpc) is 3.32. The van der Waals surface area contributed by atoms with Crippen LogP contribution in [-0.4, -0.2) is 67.3 Å². The Balaban J connectivity index is 1.48. The van der Waals surface area contributed by atoms with E-state index >= 15 is 0 Å². The Morgan fingerprint density at radius 1 is 1.22 bits per heavy atom. The Morgan fingerprint density at radius 2 is 1.97 bits per heavy atom. The molecule has 1 fully saturated rings. The summed E-state index contributed by atoms with van der Waals surface area (Å²) in [5.41, 5.74) is 0.868. The van der Waals surface area contributed by atoms with E-state index in [0.717, 1.165) is 63.3 Å². The van der Waals surface area contributed by atoms with Gasteiger partial charge in [-0.2, -0.15) is 4.98 Å². The lowest BCUT2D eigenvalue weighted by molar-refractivity contribution is -0.125. The number of nitrogens with zero attached hydrogens (tertiary/aromatic N) is 4. The smallest absolute Gasteiger partial charge is 0.324 e. The Morgan fingerprint density at radius 3 is 2.66 bits per heavy atom. The van der Waals surface area contributed by atoms with E-state index in [1.165, 1.54) is 12.8 Å². The van der Waals surface area contributed by atoms with Crippen molar-refractivity contribution >= 4 is 11.9 Å². The molecule has 8 heteroatoms. The number of anilines is 1. The fraction of sp³-hybridized carbons (Fsp3) is 0.625. The van der Waals surface area contributed by atoms with Crippen LogP contribution in [0.15, 0.2) is 28.8 Å². The Labute approximate surface area is 191 Å². The van der Waals surface area contributed by atoms with Gasteiger partial charge in [0, 0.05) is 25.2 Å². The second-order valence-electron chi connectivity index (χ2n) is 8.40. The minimum atomic E-state index is -0.0533. The van der Waals surface area contributed by atoms with Gasteiger partial charge in [-0.25, -0.2) is 0 Å². The zero-order valence-electron chi connectivity index (χ0n) is 19.7. The number of aromatic nitrogens is 2. The van der Waals surface area contributed by atoms with E-state index in [1.54, 1.807) is 7.11 Å². The molecule has 1 N–H and O–H groups in total. The minimum Gasteiger partial charge on any atom is -0.497 e. The van der Waals surface area contributed by atoms with Gasteiger partial charge in [-0.3, -0.25) is 4.79 Å². The first kappa shape index (κ1) is 24.0. The average molecular weight is 444 g/mol. The van der Waals surface area contributed by atoms with E-state index in [0.29, 0.717) is 18.4 Å². The van der Waals surface area contributed by atoms with Gasteiger partial charge >= 0.3 is 6.01 Å². The van der Waals surface area contributed by atoms with Crippen LogP contribution in [0.1, 0.15) is 46.0 Å². The van der Waals surface area contributed by atoms with Crippen molar-refractivity contribution in [3.63, 3.8) is 0 Å². The van der Waals surface area contributed by atoms with Crippen molar-refractivity contribution in [2.24, 2.45) is 5.92 Å². The molecule has 0 bridgehead atoms. The highest BCUT2D eigenvalue weighted by molar-refractivity contribution is 5.79. The van der Waals surface area contributed by atoms with Crippen LogP contribution in [-0.2, 0) is 4.79 Å². The van der Waals surface area contributed by atoms with Crippen molar-refractivity contribution in [1.82, 2.24) is 20.4 Å². The van der Waals surface area contributed by atoms with Crippen LogP contribution in [0.3, 0.4) is 0 Å². The number of methoxy groups -OCH3 is 1. The molecule has 0 aliphatic carbocycles. The highest BCUT2D eigenvalue weighted by Crippen LogP contribution is 2.25. The van der Waals surface area contributed by atoms with E-state index in [4.69, 9.17) is 9.26 Å². The normalized spacial score (nSPS) is 16.4. The van der Waals surface area contributed by atoms with Gasteiger partial charge in [-0.05, 0) is 76.0 Å². The second kappa shape index (κ2) is 12.4. The number of benzene rings is 1. The summed E-state index contributed by atoms with van der Waals surface area (Å²) in [6.07, 6.45) is 5.13. The van der Waals surface area contributed by atoms with Crippen molar-refractivity contribution in [3.05, 3.63) is 24.3 Å². The molecule has 1 saturated heterocycles. The van der Waals surface area contributed by atoms with Gasteiger partial charge < -0.3 is 24.4 Å². The molecule has 1 aromatic heterocycles. The van der Waals surface area contributed by atoms with Gasteiger partial charge in [0.15, 0.2) is 0 Å². The van der Waals surface area contributed by atoms with E-state index < -0.39 is 0 Å². The van der Waals surface area contributed by atoms with E-state index in [-0.39, 0.29) is 11.8 Å². The summed E-state index contributed by atoms with van der Waals surface area (Å²) in [6.45, 7) is 9.86. The lowest BCUT2D eigenvalue weighted by Crippen LogP contribution is -2.43. The van der Waals surface area contributed by atoms with Gasteiger partial charge in [0.25, 0.3) is 0 Å². The minimum absolute atomic E-state index is 0.0533. The Bertz CT molecular complexity index is 817. The van der Waals surface area contributed by atoms with Crippen LogP contribution >= 0.6 is 0 Å². The molecular weight excluding hydrogens is 406 g/mol. The lowest BCUT2D eigenvalue weighted by Gasteiger charge is -2.30. The van der Waals surface area contributed by atoms with Crippen molar-refractivity contribution in [2.75, 3.05) is 51.3 Å². The van der Waals surface area contributed by atoms with Crippen LogP contribution in [0, 0.1) is 5.92 Å². The number of amides is 1. The van der Waals surface area contributed by atoms with Gasteiger partial charge in [0.05, 0.1) is 13.0 Å². The first-order chi connectivity index (χ1) is 15.6.